The standard InChI is InChI=1S/C9H13N/c1-6-4-8(10)5-7-2-3-9(6)7/h5-6H,2-4,10H2,1H3. The number of hydrogen-bond acceptors (Lipinski definition) is 1. The van der Waals surface area contributed by atoms with Gasteiger partial charge in [0.25, 0.3) is 0 Å². The zero-order valence-electron chi connectivity index (χ0n) is 6.35. The Labute approximate surface area is 61.6 Å². The van der Waals surface area contributed by atoms with Crippen LogP contribution >= 0.6 is 0 Å². The molecule has 0 radical (unpaired) electrons. The highest BCUT2D eigenvalue weighted by Gasteiger charge is 2.24. The van der Waals surface area contributed by atoms with Gasteiger partial charge in [0.1, 0.15) is 0 Å². The van der Waals surface area contributed by atoms with Gasteiger partial charge < -0.3 is 5.73 Å². The summed E-state index contributed by atoms with van der Waals surface area (Å²) in [6.45, 7) is 2.27. The lowest BCUT2D eigenvalue weighted by molar-refractivity contribution is 0.569. The highest BCUT2D eigenvalue weighted by molar-refractivity contribution is 5.40. The summed E-state index contributed by atoms with van der Waals surface area (Å²) in [5.74, 6) is 0.730. The van der Waals surface area contributed by atoms with Crippen LogP contribution in [0.5, 0.6) is 0 Å². The first-order valence-corrected chi connectivity index (χ1v) is 3.95. The molecule has 0 aromatic rings. The van der Waals surface area contributed by atoms with E-state index in [9.17, 15) is 0 Å². The van der Waals surface area contributed by atoms with Gasteiger partial charge in [-0.2, -0.15) is 0 Å². The van der Waals surface area contributed by atoms with Crippen LogP contribution in [0.1, 0.15) is 26.2 Å². The lowest BCUT2D eigenvalue weighted by atomic mass is 9.75. The van der Waals surface area contributed by atoms with E-state index in [1.807, 2.05) is 0 Å². The first-order valence-electron chi connectivity index (χ1n) is 3.95. The number of allylic oxidation sites excluding steroid dienone is 4. The van der Waals surface area contributed by atoms with Gasteiger partial charge in [0.2, 0.25) is 0 Å². The van der Waals surface area contributed by atoms with Crippen molar-refractivity contribution in [1.82, 2.24) is 0 Å². The van der Waals surface area contributed by atoms with E-state index >= 15 is 0 Å². The van der Waals surface area contributed by atoms with Crippen LogP contribution in [-0.4, -0.2) is 0 Å². The molecular weight excluding hydrogens is 122 g/mol. The van der Waals surface area contributed by atoms with Crippen LogP contribution in [0.25, 0.3) is 0 Å². The first kappa shape index (κ1) is 6.02. The molecule has 1 atom stereocenters. The van der Waals surface area contributed by atoms with Gasteiger partial charge in [0.15, 0.2) is 0 Å². The molecule has 0 bridgehead atoms. The maximum Gasteiger partial charge on any atom is 0.00891 e. The van der Waals surface area contributed by atoms with Crippen molar-refractivity contribution in [2.24, 2.45) is 11.7 Å². The van der Waals surface area contributed by atoms with E-state index in [4.69, 9.17) is 5.73 Å². The number of nitrogens with two attached hydrogens (primary N) is 1. The van der Waals surface area contributed by atoms with Crippen LogP contribution in [0.2, 0.25) is 0 Å². The lowest BCUT2D eigenvalue weighted by Crippen LogP contribution is -2.18. The predicted octanol–water partition coefficient (Wildman–Crippen LogP) is 1.96. The zero-order chi connectivity index (χ0) is 7.14. The number of rotatable bonds is 0. The van der Waals surface area contributed by atoms with Crippen molar-refractivity contribution in [3.8, 4) is 0 Å². The van der Waals surface area contributed by atoms with Gasteiger partial charge in [-0.25, -0.2) is 0 Å². The number of hydrogen-bond donors (Lipinski definition) is 1. The Morgan fingerprint density at radius 2 is 2.30 bits per heavy atom. The lowest BCUT2D eigenvalue weighted by Gasteiger charge is -2.31. The minimum atomic E-state index is 0.730. The maximum atomic E-state index is 5.74. The Bertz CT molecular complexity index is 223. The SMILES string of the molecule is CC1CC(N)=CC2=C1CC2. The molecule has 1 nitrogen and oxygen atoms in total. The third-order valence-corrected chi connectivity index (χ3v) is 2.57. The third-order valence-electron chi connectivity index (χ3n) is 2.57. The van der Waals surface area contributed by atoms with Gasteiger partial charge in [-0.1, -0.05) is 12.5 Å². The van der Waals surface area contributed by atoms with Gasteiger partial charge in [-0.05, 0) is 36.8 Å². The first-order chi connectivity index (χ1) is 4.77. The molecule has 10 heavy (non-hydrogen) atoms. The van der Waals surface area contributed by atoms with Gasteiger partial charge in [-0.3, -0.25) is 0 Å². The predicted molar refractivity (Wildman–Crippen MR) is 42.3 cm³/mol. The summed E-state index contributed by atoms with van der Waals surface area (Å²) in [5.41, 5.74) is 10.00. The summed E-state index contributed by atoms with van der Waals surface area (Å²) in [6.07, 6.45) is 5.83. The second-order valence-corrected chi connectivity index (χ2v) is 3.37. The summed E-state index contributed by atoms with van der Waals surface area (Å²) < 4.78 is 0. The molecule has 2 rings (SSSR count). The van der Waals surface area contributed by atoms with Gasteiger partial charge >= 0.3 is 0 Å². The summed E-state index contributed by atoms with van der Waals surface area (Å²) in [7, 11) is 0. The van der Waals surface area contributed by atoms with E-state index < -0.39 is 0 Å². The molecule has 2 N–H and O–H groups in total. The van der Waals surface area contributed by atoms with Crippen LogP contribution in [0, 0.1) is 5.92 Å². The van der Waals surface area contributed by atoms with E-state index in [0.717, 1.165) is 18.0 Å². The largest absolute Gasteiger partial charge is 0.402 e. The molecule has 0 heterocycles. The molecule has 0 amide bonds. The van der Waals surface area contributed by atoms with E-state index in [2.05, 4.69) is 13.0 Å². The fourth-order valence-electron chi connectivity index (χ4n) is 1.90. The van der Waals surface area contributed by atoms with Crippen molar-refractivity contribution in [1.29, 1.82) is 0 Å². The van der Waals surface area contributed by atoms with Crippen LogP contribution in [0.15, 0.2) is 22.9 Å². The van der Waals surface area contributed by atoms with Crippen LogP contribution < -0.4 is 5.73 Å². The molecule has 0 aliphatic heterocycles. The zero-order valence-corrected chi connectivity index (χ0v) is 6.35. The summed E-state index contributed by atoms with van der Waals surface area (Å²) >= 11 is 0. The Balaban J connectivity index is 2.33. The van der Waals surface area contributed by atoms with Crippen LogP contribution in [-0.2, 0) is 0 Å². The van der Waals surface area contributed by atoms with E-state index in [1.165, 1.54) is 18.4 Å². The van der Waals surface area contributed by atoms with Crippen LogP contribution in [0.4, 0.5) is 0 Å². The quantitative estimate of drug-likeness (QED) is 0.540. The van der Waals surface area contributed by atoms with Crippen molar-refractivity contribution in [3.05, 3.63) is 22.9 Å². The average molecular weight is 135 g/mol. The van der Waals surface area contributed by atoms with Crippen LogP contribution in [0.3, 0.4) is 0 Å². The molecular formula is C9H13N. The normalized spacial score (nSPS) is 30.9. The van der Waals surface area contributed by atoms with Crippen molar-refractivity contribution < 1.29 is 0 Å². The third kappa shape index (κ3) is 0.698. The maximum absolute atomic E-state index is 5.74. The van der Waals surface area contributed by atoms with Crippen molar-refractivity contribution in [2.75, 3.05) is 0 Å². The molecule has 0 aromatic heterocycles. The van der Waals surface area contributed by atoms with Gasteiger partial charge in [0, 0.05) is 5.70 Å². The Morgan fingerprint density at radius 1 is 1.50 bits per heavy atom. The average Bonchev–Trinajstić information content (AvgIpc) is 1.77. The Kier molecular flexibility index (Phi) is 1.13. The Morgan fingerprint density at radius 3 is 2.80 bits per heavy atom. The molecule has 0 aromatic carbocycles. The monoisotopic (exact) mass is 135 g/mol. The highest BCUT2D eigenvalue weighted by Crippen LogP contribution is 2.40. The van der Waals surface area contributed by atoms with E-state index in [-0.39, 0.29) is 0 Å². The minimum Gasteiger partial charge on any atom is -0.402 e. The molecule has 2 aliphatic carbocycles. The Hall–Kier alpha value is -0.720. The van der Waals surface area contributed by atoms with Crippen molar-refractivity contribution in [2.45, 2.75) is 26.2 Å². The molecule has 1 unspecified atom stereocenters. The summed E-state index contributed by atoms with van der Waals surface area (Å²) in [5, 5.41) is 0. The van der Waals surface area contributed by atoms with Crippen molar-refractivity contribution >= 4 is 0 Å². The van der Waals surface area contributed by atoms with Gasteiger partial charge in [-0.15, -0.1) is 0 Å². The summed E-state index contributed by atoms with van der Waals surface area (Å²) in [4.78, 5) is 0. The molecule has 2 aliphatic rings. The fourth-order valence-corrected chi connectivity index (χ4v) is 1.90. The molecule has 0 saturated carbocycles. The topological polar surface area (TPSA) is 26.0 Å². The smallest absolute Gasteiger partial charge is 0.00891 e. The highest BCUT2D eigenvalue weighted by atomic mass is 14.6. The molecule has 0 saturated heterocycles. The fraction of sp³-hybridized carbons (Fsp3) is 0.556. The second kappa shape index (κ2) is 1.88. The van der Waals surface area contributed by atoms with E-state index in [1.54, 1.807) is 5.57 Å². The summed E-state index contributed by atoms with van der Waals surface area (Å²) in [6, 6.07) is 0. The van der Waals surface area contributed by atoms with E-state index in [0.29, 0.717) is 0 Å². The van der Waals surface area contributed by atoms with Gasteiger partial charge in [0.05, 0.1) is 0 Å². The molecule has 0 fully saturated rings. The molecule has 1 heteroatoms. The van der Waals surface area contributed by atoms with Crippen molar-refractivity contribution in [3.63, 3.8) is 0 Å². The molecule has 0 spiro atoms. The second-order valence-electron chi connectivity index (χ2n) is 3.37. The molecule has 54 valence electrons. The minimum absolute atomic E-state index is 0.730.